The van der Waals surface area contributed by atoms with E-state index < -0.39 is 0 Å². The van der Waals surface area contributed by atoms with Gasteiger partial charge in [0.05, 0.1) is 6.61 Å². The van der Waals surface area contributed by atoms with Crippen LogP contribution in [0.25, 0.3) is 0 Å². The van der Waals surface area contributed by atoms with Crippen LogP contribution in [0.1, 0.15) is 33.6 Å². The highest BCUT2D eigenvalue weighted by molar-refractivity contribution is 5.67. The molecule has 0 N–H and O–H groups in total. The van der Waals surface area contributed by atoms with Crippen LogP contribution in [-0.2, 0) is 4.74 Å². The summed E-state index contributed by atoms with van der Waals surface area (Å²) in [5, 5.41) is 0. The van der Waals surface area contributed by atoms with Gasteiger partial charge in [0.1, 0.15) is 0 Å². The molecule has 3 heteroatoms. The van der Waals surface area contributed by atoms with Crippen LogP contribution in [0.4, 0.5) is 4.79 Å². The van der Waals surface area contributed by atoms with Gasteiger partial charge < -0.3 is 9.64 Å². The van der Waals surface area contributed by atoms with E-state index in [-0.39, 0.29) is 6.09 Å². The summed E-state index contributed by atoms with van der Waals surface area (Å²) >= 11 is 0. The standard InChI is InChI=1S/C12H23NO2/c1-10(2)7-6-8-13(5)12(14)15-9-11(3)4/h11H,1,6-9H2,2-5H3. The molecule has 0 aromatic rings. The second-order valence-electron chi connectivity index (χ2n) is 4.45. The Morgan fingerprint density at radius 1 is 1.47 bits per heavy atom. The fourth-order valence-electron chi connectivity index (χ4n) is 1.06. The minimum Gasteiger partial charge on any atom is -0.449 e. The molecule has 0 spiro atoms. The number of nitrogens with zero attached hydrogens (tertiary/aromatic N) is 1. The topological polar surface area (TPSA) is 29.5 Å². The van der Waals surface area contributed by atoms with Gasteiger partial charge in [0.15, 0.2) is 0 Å². The van der Waals surface area contributed by atoms with Gasteiger partial charge >= 0.3 is 6.09 Å². The third kappa shape index (κ3) is 8.03. The van der Waals surface area contributed by atoms with E-state index in [1.807, 2.05) is 20.8 Å². The fraction of sp³-hybridized carbons (Fsp3) is 0.750. The molecule has 3 nitrogen and oxygen atoms in total. The first-order chi connectivity index (χ1) is 6.93. The van der Waals surface area contributed by atoms with Crippen LogP contribution in [0.3, 0.4) is 0 Å². The minimum absolute atomic E-state index is 0.231. The molecule has 0 aliphatic heterocycles. The van der Waals surface area contributed by atoms with Gasteiger partial charge in [0.2, 0.25) is 0 Å². The maximum atomic E-state index is 11.4. The van der Waals surface area contributed by atoms with E-state index in [1.54, 1.807) is 11.9 Å². The average Bonchev–Trinajstić information content (AvgIpc) is 2.13. The number of hydrogen-bond donors (Lipinski definition) is 0. The van der Waals surface area contributed by atoms with Crippen molar-refractivity contribution in [2.75, 3.05) is 20.2 Å². The molecule has 0 atom stereocenters. The van der Waals surface area contributed by atoms with Crippen LogP contribution < -0.4 is 0 Å². The zero-order valence-electron chi connectivity index (χ0n) is 10.4. The lowest BCUT2D eigenvalue weighted by Gasteiger charge is -2.17. The molecular formula is C12H23NO2. The van der Waals surface area contributed by atoms with Crippen molar-refractivity contribution in [3.8, 4) is 0 Å². The molecular weight excluding hydrogens is 190 g/mol. The number of allylic oxidation sites excluding steroid dienone is 1. The lowest BCUT2D eigenvalue weighted by Crippen LogP contribution is -2.29. The van der Waals surface area contributed by atoms with Crippen molar-refractivity contribution < 1.29 is 9.53 Å². The van der Waals surface area contributed by atoms with Gasteiger partial charge in [-0.15, -0.1) is 6.58 Å². The molecule has 0 unspecified atom stereocenters. The lowest BCUT2D eigenvalue weighted by molar-refractivity contribution is 0.0996. The summed E-state index contributed by atoms with van der Waals surface area (Å²) in [6.07, 6.45) is 1.68. The molecule has 0 aromatic carbocycles. The fourth-order valence-corrected chi connectivity index (χ4v) is 1.06. The average molecular weight is 213 g/mol. The number of hydrogen-bond acceptors (Lipinski definition) is 2. The zero-order valence-corrected chi connectivity index (χ0v) is 10.4. The van der Waals surface area contributed by atoms with Crippen molar-refractivity contribution in [1.29, 1.82) is 0 Å². The first kappa shape index (κ1) is 14.0. The van der Waals surface area contributed by atoms with Gasteiger partial charge in [-0.25, -0.2) is 4.79 Å². The van der Waals surface area contributed by atoms with Crippen LogP contribution in [-0.4, -0.2) is 31.2 Å². The summed E-state index contributed by atoms with van der Waals surface area (Å²) in [7, 11) is 1.76. The molecule has 0 fully saturated rings. The molecule has 0 saturated heterocycles. The smallest absolute Gasteiger partial charge is 0.409 e. The summed E-state index contributed by atoms with van der Waals surface area (Å²) in [4.78, 5) is 13.0. The van der Waals surface area contributed by atoms with Gasteiger partial charge in [-0.05, 0) is 25.7 Å². The number of rotatable bonds is 6. The van der Waals surface area contributed by atoms with E-state index in [0.29, 0.717) is 12.5 Å². The highest BCUT2D eigenvalue weighted by Crippen LogP contribution is 2.03. The Hall–Kier alpha value is -0.990. The summed E-state index contributed by atoms with van der Waals surface area (Å²) in [6.45, 7) is 11.1. The Bertz CT molecular complexity index is 212. The number of carbonyl (C=O) groups is 1. The van der Waals surface area contributed by atoms with Gasteiger partial charge in [-0.1, -0.05) is 19.4 Å². The molecule has 15 heavy (non-hydrogen) atoms. The molecule has 0 aliphatic rings. The summed E-state index contributed by atoms with van der Waals surface area (Å²) in [5.41, 5.74) is 1.15. The van der Waals surface area contributed by atoms with Crippen LogP contribution in [0.5, 0.6) is 0 Å². The zero-order chi connectivity index (χ0) is 11.8. The third-order valence-corrected chi connectivity index (χ3v) is 1.95. The molecule has 0 aliphatic carbocycles. The Kier molecular flexibility index (Phi) is 6.84. The predicted molar refractivity (Wildman–Crippen MR) is 62.9 cm³/mol. The van der Waals surface area contributed by atoms with E-state index in [2.05, 4.69) is 6.58 Å². The molecule has 0 heterocycles. The minimum atomic E-state index is -0.231. The summed E-state index contributed by atoms with van der Waals surface area (Å²) < 4.78 is 5.09. The van der Waals surface area contributed by atoms with Crippen molar-refractivity contribution in [2.45, 2.75) is 33.6 Å². The van der Waals surface area contributed by atoms with Crippen molar-refractivity contribution in [3.63, 3.8) is 0 Å². The van der Waals surface area contributed by atoms with E-state index in [4.69, 9.17) is 4.74 Å². The van der Waals surface area contributed by atoms with Gasteiger partial charge in [-0.3, -0.25) is 0 Å². The Balaban J connectivity index is 3.64. The monoisotopic (exact) mass is 213 g/mol. The molecule has 0 radical (unpaired) electrons. The largest absolute Gasteiger partial charge is 0.449 e. The first-order valence-corrected chi connectivity index (χ1v) is 5.45. The summed E-state index contributed by atoms with van der Waals surface area (Å²) in [6, 6.07) is 0. The highest BCUT2D eigenvalue weighted by atomic mass is 16.6. The van der Waals surface area contributed by atoms with Crippen LogP contribution >= 0.6 is 0 Å². The van der Waals surface area contributed by atoms with Gasteiger partial charge in [0.25, 0.3) is 0 Å². The summed E-state index contributed by atoms with van der Waals surface area (Å²) in [5.74, 6) is 0.387. The first-order valence-electron chi connectivity index (χ1n) is 5.45. The molecule has 0 rings (SSSR count). The lowest BCUT2D eigenvalue weighted by atomic mass is 10.2. The van der Waals surface area contributed by atoms with Crippen LogP contribution in [0, 0.1) is 5.92 Å². The molecule has 0 saturated carbocycles. The van der Waals surface area contributed by atoms with Crippen molar-refractivity contribution in [2.24, 2.45) is 5.92 Å². The van der Waals surface area contributed by atoms with Crippen molar-refractivity contribution in [1.82, 2.24) is 4.90 Å². The number of amides is 1. The van der Waals surface area contributed by atoms with E-state index in [1.165, 1.54) is 0 Å². The highest BCUT2D eigenvalue weighted by Gasteiger charge is 2.09. The Labute approximate surface area is 93.1 Å². The molecule has 88 valence electrons. The van der Waals surface area contributed by atoms with Crippen LogP contribution in [0.2, 0.25) is 0 Å². The van der Waals surface area contributed by atoms with Crippen LogP contribution in [0.15, 0.2) is 12.2 Å². The van der Waals surface area contributed by atoms with Crippen molar-refractivity contribution >= 4 is 6.09 Å². The predicted octanol–water partition coefficient (Wildman–Crippen LogP) is 3.07. The van der Waals surface area contributed by atoms with E-state index in [9.17, 15) is 4.79 Å². The Morgan fingerprint density at radius 3 is 2.53 bits per heavy atom. The normalized spacial score (nSPS) is 10.2. The van der Waals surface area contributed by atoms with E-state index in [0.717, 1.165) is 25.0 Å². The molecule has 0 bridgehead atoms. The van der Waals surface area contributed by atoms with Gasteiger partial charge in [0, 0.05) is 13.6 Å². The second kappa shape index (κ2) is 7.32. The SMILES string of the molecule is C=C(C)CCCN(C)C(=O)OCC(C)C. The molecule has 0 aromatic heterocycles. The second-order valence-corrected chi connectivity index (χ2v) is 4.45. The number of carbonyl (C=O) groups excluding carboxylic acids is 1. The van der Waals surface area contributed by atoms with E-state index >= 15 is 0 Å². The quantitative estimate of drug-likeness (QED) is 0.635. The number of ether oxygens (including phenoxy) is 1. The third-order valence-electron chi connectivity index (χ3n) is 1.95. The maximum absolute atomic E-state index is 11.4. The molecule has 1 amide bonds. The maximum Gasteiger partial charge on any atom is 0.409 e. The van der Waals surface area contributed by atoms with Crippen molar-refractivity contribution in [3.05, 3.63) is 12.2 Å². The van der Waals surface area contributed by atoms with Gasteiger partial charge in [-0.2, -0.15) is 0 Å². The Morgan fingerprint density at radius 2 is 2.07 bits per heavy atom.